The lowest BCUT2D eigenvalue weighted by Gasteiger charge is -2.19. The van der Waals surface area contributed by atoms with Gasteiger partial charge in [-0.05, 0) is 57.5 Å². The Balaban J connectivity index is 1.72. The minimum absolute atomic E-state index is 0.0132. The maximum Gasteiger partial charge on any atom is 0.407 e. The third kappa shape index (κ3) is 7.21. The number of halogens is 1. The SMILES string of the molecule is CNc1cc(F)cc2cc(C(=O)Nc3ccc(C(=O)O)c(OCCCNC(=O)OC(C)(C)C)c3)c(=O)[nH]c12. The van der Waals surface area contributed by atoms with Crippen LogP contribution in [0, 0.1) is 5.82 Å². The molecule has 38 heavy (non-hydrogen) atoms. The average molecular weight is 529 g/mol. The lowest BCUT2D eigenvalue weighted by Crippen LogP contribution is -2.33. The van der Waals surface area contributed by atoms with Crippen LogP contribution in [0.2, 0.25) is 0 Å². The number of hydrogen-bond acceptors (Lipinski definition) is 7. The molecule has 0 unspecified atom stereocenters. The summed E-state index contributed by atoms with van der Waals surface area (Å²) in [6.07, 6.45) is -0.228. The molecule has 5 N–H and O–H groups in total. The molecule has 12 heteroatoms. The molecule has 2 amide bonds. The lowest BCUT2D eigenvalue weighted by atomic mass is 10.1. The van der Waals surface area contributed by atoms with Gasteiger partial charge in [0.05, 0.1) is 17.8 Å². The van der Waals surface area contributed by atoms with E-state index in [-0.39, 0.29) is 35.7 Å². The number of H-pyrrole nitrogens is 1. The van der Waals surface area contributed by atoms with Gasteiger partial charge in [0.2, 0.25) is 0 Å². The molecule has 202 valence electrons. The number of fused-ring (bicyclic) bond motifs is 1. The number of carbonyl (C=O) groups excluding carboxylic acids is 2. The summed E-state index contributed by atoms with van der Waals surface area (Å²) in [6, 6.07) is 7.60. The quantitative estimate of drug-likeness (QED) is 0.261. The van der Waals surface area contributed by atoms with E-state index >= 15 is 0 Å². The van der Waals surface area contributed by atoms with Crippen LogP contribution in [0.15, 0.2) is 41.2 Å². The van der Waals surface area contributed by atoms with E-state index in [1.165, 1.54) is 36.4 Å². The zero-order valence-corrected chi connectivity index (χ0v) is 21.4. The van der Waals surface area contributed by atoms with Gasteiger partial charge in [-0.15, -0.1) is 0 Å². The summed E-state index contributed by atoms with van der Waals surface area (Å²) in [7, 11) is 1.57. The highest BCUT2D eigenvalue weighted by Crippen LogP contribution is 2.25. The molecule has 0 saturated carbocycles. The highest BCUT2D eigenvalue weighted by atomic mass is 19.1. The molecule has 3 aromatic rings. The number of carboxylic acid groups (broad SMARTS) is 1. The zero-order chi connectivity index (χ0) is 28.0. The van der Waals surface area contributed by atoms with Crippen molar-refractivity contribution in [2.75, 3.05) is 30.8 Å². The Morgan fingerprint density at radius 2 is 1.82 bits per heavy atom. The molecule has 0 fully saturated rings. The summed E-state index contributed by atoms with van der Waals surface area (Å²) >= 11 is 0. The van der Waals surface area contributed by atoms with E-state index in [1.807, 2.05) is 0 Å². The predicted octanol–water partition coefficient (Wildman–Crippen LogP) is 3.95. The van der Waals surface area contributed by atoms with Crippen LogP contribution in [0.4, 0.5) is 20.6 Å². The van der Waals surface area contributed by atoms with Crippen molar-refractivity contribution in [3.05, 3.63) is 63.7 Å². The van der Waals surface area contributed by atoms with Gasteiger partial charge in [0.15, 0.2) is 0 Å². The monoisotopic (exact) mass is 528 g/mol. The van der Waals surface area contributed by atoms with Gasteiger partial charge in [-0.25, -0.2) is 14.0 Å². The maximum absolute atomic E-state index is 13.9. The van der Waals surface area contributed by atoms with Gasteiger partial charge in [-0.3, -0.25) is 9.59 Å². The molecule has 0 spiro atoms. The number of rotatable bonds is 9. The van der Waals surface area contributed by atoms with Crippen LogP contribution in [-0.2, 0) is 4.74 Å². The molecular weight excluding hydrogens is 499 g/mol. The molecule has 0 saturated heterocycles. The van der Waals surface area contributed by atoms with E-state index < -0.39 is 34.9 Å². The van der Waals surface area contributed by atoms with Gasteiger partial charge in [-0.2, -0.15) is 0 Å². The third-order valence-electron chi connectivity index (χ3n) is 5.15. The number of nitrogens with one attached hydrogen (secondary N) is 4. The Morgan fingerprint density at radius 1 is 1.08 bits per heavy atom. The second-order valence-electron chi connectivity index (χ2n) is 9.28. The Bertz CT molecular complexity index is 1430. The summed E-state index contributed by atoms with van der Waals surface area (Å²) < 4.78 is 24.7. The fourth-order valence-electron chi connectivity index (χ4n) is 3.50. The molecule has 2 aromatic carbocycles. The smallest absolute Gasteiger partial charge is 0.407 e. The predicted molar refractivity (Wildman–Crippen MR) is 140 cm³/mol. The first-order chi connectivity index (χ1) is 17.9. The molecule has 0 bridgehead atoms. The maximum atomic E-state index is 13.9. The van der Waals surface area contributed by atoms with Gasteiger partial charge in [0.1, 0.15) is 28.3 Å². The molecule has 1 aromatic heterocycles. The van der Waals surface area contributed by atoms with Gasteiger partial charge in [0.25, 0.3) is 11.5 Å². The zero-order valence-electron chi connectivity index (χ0n) is 21.4. The Labute approximate surface area is 217 Å². The Morgan fingerprint density at radius 3 is 2.47 bits per heavy atom. The summed E-state index contributed by atoms with van der Waals surface area (Å²) in [5.41, 5.74) is -0.837. The van der Waals surface area contributed by atoms with Crippen molar-refractivity contribution >= 4 is 40.2 Å². The van der Waals surface area contributed by atoms with Crippen LogP contribution >= 0.6 is 0 Å². The molecule has 11 nitrogen and oxygen atoms in total. The molecule has 1 heterocycles. The fraction of sp³-hybridized carbons (Fsp3) is 0.308. The number of aromatic nitrogens is 1. The van der Waals surface area contributed by atoms with Crippen molar-refractivity contribution in [1.82, 2.24) is 10.3 Å². The standard InChI is InChI=1S/C26H29FN4O7/c1-26(2,3)38-25(36)29-8-5-9-37-20-13-16(6-7-17(20)24(34)35)30-22(32)18-11-14-10-15(27)12-19(28-4)21(14)31-23(18)33/h6-7,10-13,28H,5,8-9H2,1-4H3,(H,29,36)(H,30,32)(H,31,33)(H,34,35). The molecule has 0 aliphatic rings. The van der Waals surface area contributed by atoms with E-state index in [0.717, 1.165) is 0 Å². The first-order valence-corrected chi connectivity index (χ1v) is 11.7. The van der Waals surface area contributed by atoms with Crippen LogP contribution in [0.3, 0.4) is 0 Å². The van der Waals surface area contributed by atoms with Crippen molar-refractivity contribution in [3.63, 3.8) is 0 Å². The van der Waals surface area contributed by atoms with Crippen molar-refractivity contribution in [2.45, 2.75) is 32.8 Å². The van der Waals surface area contributed by atoms with Gasteiger partial charge < -0.3 is 35.5 Å². The Kier molecular flexibility index (Phi) is 8.56. The van der Waals surface area contributed by atoms with E-state index in [9.17, 15) is 28.7 Å². The topological polar surface area (TPSA) is 159 Å². The molecule has 3 rings (SSSR count). The first-order valence-electron chi connectivity index (χ1n) is 11.7. The minimum atomic E-state index is -1.24. The van der Waals surface area contributed by atoms with Crippen molar-refractivity contribution in [3.8, 4) is 5.75 Å². The number of pyridine rings is 1. The van der Waals surface area contributed by atoms with E-state index in [0.29, 0.717) is 23.0 Å². The number of ether oxygens (including phenoxy) is 2. The van der Waals surface area contributed by atoms with Gasteiger partial charge >= 0.3 is 12.1 Å². The number of hydrogen-bond donors (Lipinski definition) is 5. The lowest BCUT2D eigenvalue weighted by molar-refractivity contribution is 0.0525. The second kappa shape index (κ2) is 11.6. The Hall–Kier alpha value is -4.61. The number of carboxylic acids is 1. The largest absolute Gasteiger partial charge is 0.493 e. The van der Waals surface area contributed by atoms with Gasteiger partial charge in [0, 0.05) is 30.7 Å². The van der Waals surface area contributed by atoms with Crippen LogP contribution in [-0.4, -0.2) is 53.9 Å². The summed E-state index contributed by atoms with van der Waals surface area (Å²) in [5.74, 6) is -2.58. The van der Waals surface area contributed by atoms with Crippen LogP contribution < -0.4 is 26.2 Å². The van der Waals surface area contributed by atoms with Crippen LogP contribution in [0.25, 0.3) is 10.9 Å². The number of aromatic amines is 1. The third-order valence-corrected chi connectivity index (χ3v) is 5.15. The highest BCUT2D eigenvalue weighted by Gasteiger charge is 2.18. The normalized spacial score (nSPS) is 11.1. The average Bonchev–Trinajstić information content (AvgIpc) is 2.82. The number of alkyl carbamates (subject to hydrolysis) is 1. The second-order valence-corrected chi connectivity index (χ2v) is 9.28. The van der Waals surface area contributed by atoms with Crippen molar-refractivity contribution in [2.24, 2.45) is 0 Å². The highest BCUT2D eigenvalue weighted by molar-refractivity contribution is 6.07. The van der Waals surface area contributed by atoms with E-state index in [2.05, 4.69) is 20.9 Å². The number of benzene rings is 2. The van der Waals surface area contributed by atoms with Gasteiger partial charge in [-0.1, -0.05) is 0 Å². The number of carbonyl (C=O) groups is 3. The molecule has 0 radical (unpaired) electrons. The van der Waals surface area contributed by atoms with Crippen LogP contribution in [0.1, 0.15) is 47.9 Å². The minimum Gasteiger partial charge on any atom is -0.493 e. The van der Waals surface area contributed by atoms with Crippen LogP contribution in [0.5, 0.6) is 5.75 Å². The number of aromatic carboxylic acids is 1. The van der Waals surface area contributed by atoms with Crippen molar-refractivity contribution < 1.29 is 33.4 Å². The number of amides is 2. The molecule has 0 aliphatic carbocycles. The molecular formula is C26H29FN4O7. The molecule has 0 aliphatic heterocycles. The summed E-state index contributed by atoms with van der Waals surface area (Å²) in [4.78, 5) is 51.3. The fourth-order valence-corrected chi connectivity index (χ4v) is 3.50. The first kappa shape index (κ1) is 28.0. The van der Waals surface area contributed by atoms with E-state index in [4.69, 9.17) is 9.47 Å². The number of anilines is 2. The molecule has 0 atom stereocenters. The summed E-state index contributed by atoms with van der Waals surface area (Å²) in [6.45, 7) is 5.52. The van der Waals surface area contributed by atoms with Crippen molar-refractivity contribution in [1.29, 1.82) is 0 Å². The van der Waals surface area contributed by atoms with E-state index in [1.54, 1.807) is 27.8 Å². The summed E-state index contributed by atoms with van der Waals surface area (Å²) in [5, 5.41) is 17.7.